The van der Waals surface area contributed by atoms with Crippen LogP contribution < -0.4 is 5.32 Å². The highest BCUT2D eigenvalue weighted by Gasteiger charge is 2.64. The normalized spacial score (nSPS) is 23.8. The Balaban J connectivity index is 1.44. The van der Waals surface area contributed by atoms with Crippen LogP contribution in [-0.4, -0.2) is 28.5 Å². The van der Waals surface area contributed by atoms with Crippen molar-refractivity contribution in [2.45, 2.75) is 38.6 Å². The summed E-state index contributed by atoms with van der Waals surface area (Å²) < 4.78 is 10.8. The molecule has 0 amide bonds. The SMILES string of the molecule is Cc1cc2nsnc2cc1Nc1ncc2c(C)nn(C34CCC3C4)c2n1. The Morgan fingerprint density at radius 3 is 2.81 bits per heavy atom. The summed E-state index contributed by atoms with van der Waals surface area (Å²) >= 11 is 1.23. The van der Waals surface area contributed by atoms with Gasteiger partial charge in [-0.15, -0.1) is 0 Å². The summed E-state index contributed by atoms with van der Waals surface area (Å²) in [4.78, 5) is 9.34. The van der Waals surface area contributed by atoms with E-state index in [0.29, 0.717) is 5.95 Å². The van der Waals surface area contributed by atoms with Crippen molar-refractivity contribution in [2.24, 2.45) is 5.92 Å². The lowest BCUT2D eigenvalue weighted by Crippen LogP contribution is -2.28. The van der Waals surface area contributed by atoms with Crippen molar-refractivity contribution in [1.29, 1.82) is 0 Å². The Morgan fingerprint density at radius 2 is 2.08 bits per heavy atom. The Hall–Kier alpha value is -2.61. The molecule has 8 heteroatoms. The molecule has 2 fully saturated rings. The second-order valence-corrected chi connectivity index (χ2v) is 8.04. The summed E-state index contributed by atoms with van der Waals surface area (Å²) in [5, 5.41) is 9.19. The molecule has 0 aliphatic heterocycles. The second-order valence-electron chi connectivity index (χ2n) is 7.52. The molecule has 0 bridgehead atoms. The van der Waals surface area contributed by atoms with Gasteiger partial charge in [0.25, 0.3) is 0 Å². The molecule has 0 saturated heterocycles. The third-order valence-electron chi connectivity index (χ3n) is 6.00. The Morgan fingerprint density at radius 1 is 1.23 bits per heavy atom. The Labute approximate surface area is 153 Å². The fourth-order valence-corrected chi connectivity index (χ4v) is 4.73. The monoisotopic (exact) mass is 363 g/mol. The number of fused-ring (bicyclic) bond motifs is 3. The van der Waals surface area contributed by atoms with Gasteiger partial charge in [0.05, 0.1) is 28.3 Å². The van der Waals surface area contributed by atoms with Crippen molar-refractivity contribution in [3.63, 3.8) is 0 Å². The molecule has 2 atom stereocenters. The van der Waals surface area contributed by atoms with Crippen LogP contribution in [0.5, 0.6) is 0 Å². The largest absolute Gasteiger partial charge is 0.324 e. The van der Waals surface area contributed by atoms with Gasteiger partial charge < -0.3 is 5.32 Å². The fraction of sp³-hybridized carbons (Fsp3) is 0.389. The molecule has 2 aliphatic carbocycles. The highest BCUT2D eigenvalue weighted by molar-refractivity contribution is 7.00. The van der Waals surface area contributed by atoms with Crippen molar-refractivity contribution in [3.8, 4) is 0 Å². The number of benzene rings is 1. The van der Waals surface area contributed by atoms with Crippen LogP contribution in [0.2, 0.25) is 0 Å². The molecule has 2 saturated carbocycles. The molecular weight excluding hydrogens is 346 g/mol. The summed E-state index contributed by atoms with van der Waals surface area (Å²) in [5.41, 5.74) is 6.04. The van der Waals surface area contributed by atoms with Crippen molar-refractivity contribution < 1.29 is 0 Å². The van der Waals surface area contributed by atoms with E-state index in [1.807, 2.05) is 25.3 Å². The molecule has 0 spiro atoms. The van der Waals surface area contributed by atoms with E-state index >= 15 is 0 Å². The van der Waals surface area contributed by atoms with Gasteiger partial charge in [-0.05, 0) is 56.7 Å². The summed E-state index contributed by atoms with van der Waals surface area (Å²) in [6, 6.07) is 4.04. The number of nitrogens with one attached hydrogen (secondary N) is 1. The summed E-state index contributed by atoms with van der Waals surface area (Å²) in [5.74, 6) is 1.38. The van der Waals surface area contributed by atoms with Gasteiger partial charge in [0, 0.05) is 11.9 Å². The number of anilines is 2. The van der Waals surface area contributed by atoms with E-state index in [4.69, 9.17) is 10.1 Å². The van der Waals surface area contributed by atoms with Gasteiger partial charge in [0.2, 0.25) is 5.95 Å². The number of rotatable bonds is 3. The molecule has 4 aromatic rings. The molecule has 130 valence electrons. The molecule has 3 heterocycles. The minimum atomic E-state index is 0.235. The Kier molecular flexibility index (Phi) is 2.66. The van der Waals surface area contributed by atoms with Crippen molar-refractivity contribution in [2.75, 3.05) is 5.32 Å². The molecule has 1 aromatic carbocycles. The van der Waals surface area contributed by atoms with Crippen molar-refractivity contribution in [3.05, 3.63) is 29.6 Å². The van der Waals surface area contributed by atoms with Crippen LogP contribution in [0.25, 0.3) is 22.1 Å². The van der Waals surface area contributed by atoms with Gasteiger partial charge in [0.15, 0.2) is 5.65 Å². The van der Waals surface area contributed by atoms with E-state index in [-0.39, 0.29) is 5.54 Å². The van der Waals surface area contributed by atoms with Crippen LogP contribution in [0.4, 0.5) is 11.6 Å². The minimum absolute atomic E-state index is 0.235. The van der Waals surface area contributed by atoms with Gasteiger partial charge in [-0.3, -0.25) is 0 Å². The average Bonchev–Trinajstić information content (AvgIpc) is 2.96. The molecule has 7 nitrogen and oxygen atoms in total. The maximum Gasteiger partial charge on any atom is 0.229 e. The van der Waals surface area contributed by atoms with Crippen molar-refractivity contribution in [1.82, 2.24) is 28.5 Å². The van der Waals surface area contributed by atoms with Crippen LogP contribution in [0.3, 0.4) is 0 Å². The maximum absolute atomic E-state index is 4.82. The topological polar surface area (TPSA) is 81.4 Å². The zero-order chi connectivity index (χ0) is 17.5. The first kappa shape index (κ1) is 14.5. The zero-order valence-corrected chi connectivity index (χ0v) is 15.3. The molecule has 2 aliphatic rings. The van der Waals surface area contributed by atoms with Gasteiger partial charge in [-0.25, -0.2) is 9.67 Å². The summed E-state index contributed by atoms with van der Waals surface area (Å²) in [6.45, 7) is 4.09. The first-order valence-corrected chi connectivity index (χ1v) is 9.60. The van der Waals surface area contributed by atoms with E-state index in [2.05, 4.69) is 30.7 Å². The zero-order valence-electron chi connectivity index (χ0n) is 14.5. The van der Waals surface area contributed by atoms with Crippen LogP contribution in [0.15, 0.2) is 18.3 Å². The van der Waals surface area contributed by atoms with Crippen LogP contribution in [0.1, 0.15) is 30.5 Å². The first-order valence-electron chi connectivity index (χ1n) is 8.87. The molecule has 6 rings (SSSR count). The quantitative estimate of drug-likeness (QED) is 0.598. The van der Waals surface area contributed by atoms with E-state index in [9.17, 15) is 0 Å². The predicted molar refractivity (Wildman–Crippen MR) is 101 cm³/mol. The standard InChI is InChI=1S/C18H17N7S/c1-9-5-14-15(24-26-23-14)6-13(9)20-17-19-8-12-10(2)22-25(16(12)21-17)18-4-3-11(18)7-18/h5-6,8,11H,3-4,7H2,1-2H3,(H,19,20,21). The number of hydrogen-bond acceptors (Lipinski definition) is 7. The number of aryl methyl sites for hydroxylation is 2. The summed E-state index contributed by atoms with van der Waals surface area (Å²) in [7, 11) is 0. The minimum Gasteiger partial charge on any atom is -0.324 e. The lowest BCUT2D eigenvalue weighted by Gasteiger charge is -2.26. The highest BCUT2D eigenvalue weighted by Crippen LogP contribution is 2.65. The van der Waals surface area contributed by atoms with Gasteiger partial charge in [-0.2, -0.15) is 18.8 Å². The first-order chi connectivity index (χ1) is 12.6. The number of hydrogen-bond donors (Lipinski definition) is 1. The maximum atomic E-state index is 4.82. The van der Waals surface area contributed by atoms with E-state index in [1.54, 1.807) is 0 Å². The lowest BCUT2D eigenvalue weighted by atomic mass is 9.93. The smallest absolute Gasteiger partial charge is 0.229 e. The molecular formula is C18H17N7S. The van der Waals surface area contributed by atoms with Gasteiger partial charge in [0.1, 0.15) is 11.0 Å². The van der Waals surface area contributed by atoms with Gasteiger partial charge in [-0.1, -0.05) is 0 Å². The van der Waals surface area contributed by atoms with Crippen molar-refractivity contribution >= 4 is 45.4 Å². The average molecular weight is 363 g/mol. The number of nitrogens with zero attached hydrogens (tertiary/aromatic N) is 6. The third-order valence-corrected chi connectivity index (χ3v) is 6.56. The highest BCUT2D eigenvalue weighted by atomic mass is 32.1. The van der Waals surface area contributed by atoms with E-state index < -0.39 is 0 Å². The van der Waals surface area contributed by atoms with Crippen LogP contribution in [-0.2, 0) is 5.54 Å². The third kappa shape index (κ3) is 1.85. The molecule has 2 unspecified atom stereocenters. The number of aromatic nitrogens is 6. The van der Waals surface area contributed by atoms with Gasteiger partial charge >= 0.3 is 0 Å². The lowest BCUT2D eigenvalue weighted by molar-refractivity contribution is 0.272. The predicted octanol–water partition coefficient (Wildman–Crippen LogP) is 3.70. The second kappa shape index (κ2) is 4.76. The molecule has 3 aromatic heterocycles. The molecule has 26 heavy (non-hydrogen) atoms. The van der Waals surface area contributed by atoms with E-state index in [0.717, 1.165) is 44.9 Å². The summed E-state index contributed by atoms with van der Waals surface area (Å²) in [6.07, 6.45) is 5.65. The molecule has 0 radical (unpaired) electrons. The van der Waals surface area contributed by atoms with Crippen LogP contribution in [0, 0.1) is 19.8 Å². The molecule has 1 N–H and O–H groups in total. The van der Waals surface area contributed by atoms with E-state index in [1.165, 1.54) is 31.0 Å². The fourth-order valence-electron chi connectivity index (χ4n) is 4.22. The Bertz CT molecular complexity index is 1190. The van der Waals surface area contributed by atoms with Crippen LogP contribution >= 0.6 is 11.7 Å².